The number of nitrogens with one attached hydrogen (secondary N) is 2. The summed E-state index contributed by atoms with van der Waals surface area (Å²) in [6, 6.07) is 9.64. The molecule has 0 aliphatic rings. The summed E-state index contributed by atoms with van der Waals surface area (Å²) < 4.78 is 4.37. The Hall–Kier alpha value is -2.58. The first kappa shape index (κ1) is 18.2. The molecular weight excluding hydrogens is 348 g/mol. The van der Waals surface area contributed by atoms with Crippen molar-refractivity contribution in [2.75, 3.05) is 14.1 Å². The second kappa shape index (κ2) is 7.35. The molecule has 2 N–H and O–H groups in total. The van der Waals surface area contributed by atoms with E-state index in [1.165, 1.54) is 4.90 Å². The molecule has 0 radical (unpaired) electrons. The number of rotatable bonds is 5. The van der Waals surface area contributed by atoms with Crippen LogP contribution in [0.25, 0.3) is 5.78 Å². The molecule has 0 fully saturated rings. The van der Waals surface area contributed by atoms with Crippen LogP contribution in [0.1, 0.15) is 27.3 Å². The smallest absolute Gasteiger partial charge is 0.254 e. The van der Waals surface area contributed by atoms with Gasteiger partial charge in [0, 0.05) is 29.6 Å². The van der Waals surface area contributed by atoms with Gasteiger partial charge in [-0.1, -0.05) is 12.1 Å². The predicted octanol–water partition coefficient (Wildman–Crippen LogP) is 0.909. The second-order valence-electron chi connectivity index (χ2n) is 6.52. The number of aryl methyl sites for hydroxylation is 2. The Kier molecular flexibility index (Phi) is 5.15. The molecule has 3 aromatic rings. The maximum atomic E-state index is 11.6. The third-order valence-corrected chi connectivity index (χ3v) is 4.63. The zero-order chi connectivity index (χ0) is 18.8. The SMILES string of the molecule is CNC(=O)c1ccc(C[NH+](C)Cn2nc3nc(C)cc(C)n3c2=S)cc1. The van der Waals surface area contributed by atoms with Crippen LogP contribution in [-0.2, 0) is 13.2 Å². The zero-order valence-corrected chi connectivity index (χ0v) is 16.2. The van der Waals surface area contributed by atoms with Gasteiger partial charge in [-0.25, -0.2) is 4.98 Å². The molecule has 1 aromatic carbocycles. The van der Waals surface area contributed by atoms with Crippen molar-refractivity contribution in [3.8, 4) is 0 Å². The van der Waals surface area contributed by atoms with E-state index in [0.29, 0.717) is 22.8 Å². The molecular formula is C18H23N6OS+. The van der Waals surface area contributed by atoms with Crippen LogP contribution < -0.4 is 10.2 Å². The molecule has 0 bridgehead atoms. The lowest BCUT2D eigenvalue weighted by Crippen LogP contribution is -3.07. The molecule has 0 saturated carbocycles. The number of nitrogens with zero attached hydrogens (tertiary/aromatic N) is 4. The van der Waals surface area contributed by atoms with E-state index in [1.54, 1.807) is 7.05 Å². The lowest BCUT2D eigenvalue weighted by molar-refractivity contribution is -0.917. The normalized spacial score (nSPS) is 12.3. The summed E-state index contributed by atoms with van der Waals surface area (Å²) in [5.74, 6) is 0.557. The summed E-state index contributed by atoms with van der Waals surface area (Å²) >= 11 is 5.57. The highest BCUT2D eigenvalue weighted by molar-refractivity contribution is 7.71. The number of aromatic nitrogens is 4. The van der Waals surface area contributed by atoms with E-state index >= 15 is 0 Å². The fourth-order valence-electron chi connectivity index (χ4n) is 3.02. The van der Waals surface area contributed by atoms with Gasteiger partial charge in [0.1, 0.15) is 6.54 Å². The van der Waals surface area contributed by atoms with E-state index in [4.69, 9.17) is 12.2 Å². The number of carbonyl (C=O) groups excluding carboxylic acids is 1. The minimum Gasteiger partial charge on any atom is -0.355 e. The molecule has 0 aliphatic heterocycles. The molecule has 0 saturated heterocycles. The van der Waals surface area contributed by atoms with Crippen molar-refractivity contribution >= 4 is 23.9 Å². The van der Waals surface area contributed by atoms with Crippen LogP contribution in [0.2, 0.25) is 0 Å². The number of fused-ring (bicyclic) bond motifs is 1. The van der Waals surface area contributed by atoms with E-state index in [2.05, 4.69) is 22.4 Å². The molecule has 1 unspecified atom stereocenters. The van der Waals surface area contributed by atoms with Crippen molar-refractivity contribution in [3.63, 3.8) is 0 Å². The maximum Gasteiger partial charge on any atom is 0.254 e. The number of quaternary nitrogens is 1. The summed E-state index contributed by atoms with van der Waals surface area (Å²) in [6.07, 6.45) is 0. The van der Waals surface area contributed by atoms with Crippen LogP contribution in [0, 0.1) is 18.6 Å². The topological polar surface area (TPSA) is 68.7 Å². The van der Waals surface area contributed by atoms with Gasteiger partial charge in [-0.2, -0.15) is 4.68 Å². The summed E-state index contributed by atoms with van der Waals surface area (Å²) in [4.78, 5) is 17.3. The lowest BCUT2D eigenvalue weighted by atomic mass is 10.1. The Morgan fingerprint density at radius 3 is 2.62 bits per heavy atom. The Morgan fingerprint density at radius 2 is 1.96 bits per heavy atom. The molecule has 7 nitrogen and oxygen atoms in total. The third-order valence-electron chi connectivity index (χ3n) is 4.24. The molecule has 1 amide bonds. The molecule has 2 aromatic heterocycles. The predicted molar refractivity (Wildman–Crippen MR) is 102 cm³/mol. The molecule has 0 spiro atoms. The number of hydrogen-bond acceptors (Lipinski definition) is 4. The van der Waals surface area contributed by atoms with Gasteiger partial charge >= 0.3 is 0 Å². The summed E-state index contributed by atoms with van der Waals surface area (Å²) in [6.45, 7) is 5.40. The van der Waals surface area contributed by atoms with Gasteiger partial charge in [0.25, 0.3) is 11.7 Å². The summed E-state index contributed by atoms with van der Waals surface area (Å²) in [5, 5.41) is 7.18. The summed E-state index contributed by atoms with van der Waals surface area (Å²) in [7, 11) is 3.72. The van der Waals surface area contributed by atoms with E-state index in [9.17, 15) is 4.79 Å². The highest BCUT2D eigenvalue weighted by Crippen LogP contribution is 2.07. The fraction of sp³-hybridized carbons (Fsp3) is 0.333. The van der Waals surface area contributed by atoms with Crippen LogP contribution >= 0.6 is 12.2 Å². The van der Waals surface area contributed by atoms with Crippen molar-refractivity contribution in [2.24, 2.45) is 0 Å². The van der Waals surface area contributed by atoms with Crippen molar-refractivity contribution < 1.29 is 9.69 Å². The largest absolute Gasteiger partial charge is 0.355 e. The van der Waals surface area contributed by atoms with E-state index < -0.39 is 0 Å². The number of carbonyl (C=O) groups is 1. The van der Waals surface area contributed by atoms with Gasteiger partial charge in [-0.15, -0.1) is 5.10 Å². The van der Waals surface area contributed by atoms with Crippen LogP contribution in [0.3, 0.4) is 0 Å². The zero-order valence-electron chi connectivity index (χ0n) is 15.4. The minimum absolute atomic E-state index is 0.0774. The standard InChI is InChI=1S/C18H22N6OS/c1-12-9-13(2)24-17(20-12)21-23(18(24)26)11-22(4)10-14-5-7-15(8-6-14)16(25)19-3/h5-9H,10-11H2,1-4H3,(H,19,25)/p+1. The third kappa shape index (κ3) is 3.66. The van der Waals surface area contributed by atoms with Gasteiger partial charge < -0.3 is 10.2 Å². The lowest BCUT2D eigenvalue weighted by Gasteiger charge is -2.13. The van der Waals surface area contributed by atoms with E-state index in [0.717, 1.165) is 23.5 Å². The minimum atomic E-state index is -0.0774. The quantitative estimate of drug-likeness (QED) is 0.654. The Balaban J connectivity index is 1.76. The van der Waals surface area contributed by atoms with Gasteiger partial charge in [0.15, 0.2) is 6.67 Å². The maximum absolute atomic E-state index is 11.6. The van der Waals surface area contributed by atoms with Crippen molar-refractivity contribution in [1.29, 1.82) is 0 Å². The summed E-state index contributed by atoms with van der Waals surface area (Å²) in [5.41, 5.74) is 3.77. The van der Waals surface area contributed by atoms with Gasteiger partial charge in [-0.05, 0) is 44.3 Å². The van der Waals surface area contributed by atoms with E-state index in [-0.39, 0.29) is 5.91 Å². The molecule has 3 rings (SSSR count). The average Bonchev–Trinajstić information content (AvgIpc) is 2.90. The van der Waals surface area contributed by atoms with Crippen LogP contribution in [0.5, 0.6) is 0 Å². The number of hydrogen-bond donors (Lipinski definition) is 2. The van der Waals surface area contributed by atoms with Crippen LogP contribution in [0.15, 0.2) is 30.3 Å². The Morgan fingerprint density at radius 1 is 1.27 bits per heavy atom. The molecule has 26 heavy (non-hydrogen) atoms. The number of benzene rings is 1. The highest BCUT2D eigenvalue weighted by atomic mass is 32.1. The molecule has 8 heteroatoms. The first-order chi connectivity index (χ1) is 12.4. The van der Waals surface area contributed by atoms with Crippen molar-refractivity contribution in [3.05, 3.63) is 57.6 Å². The first-order valence-corrected chi connectivity index (χ1v) is 8.86. The van der Waals surface area contributed by atoms with Crippen LogP contribution in [-0.4, -0.2) is 39.2 Å². The van der Waals surface area contributed by atoms with Gasteiger partial charge in [0.2, 0.25) is 4.77 Å². The molecule has 136 valence electrons. The Labute approximate surface area is 157 Å². The number of amides is 1. The second-order valence-corrected chi connectivity index (χ2v) is 6.89. The molecule has 2 heterocycles. The fourth-order valence-corrected chi connectivity index (χ4v) is 3.35. The van der Waals surface area contributed by atoms with Gasteiger partial charge in [-0.3, -0.25) is 9.20 Å². The first-order valence-electron chi connectivity index (χ1n) is 8.45. The van der Waals surface area contributed by atoms with E-state index in [1.807, 2.05) is 53.3 Å². The monoisotopic (exact) mass is 371 g/mol. The van der Waals surface area contributed by atoms with Gasteiger partial charge in [0.05, 0.1) is 7.05 Å². The molecule has 0 aliphatic carbocycles. The molecule has 1 atom stereocenters. The Bertz CT molecular complexity index is 1000. The van der Waals surface area contributed by atoms with Crippen molar-refractivity contribution in [2.45, 2.75) is 27.1 Å². The average molecular weight is 371 g/mol. The van der Waals surface area contributed by atoms with Crippen molar-refractivity contribution in [1.82, 2.24) is 24.5 Å². The van der Waals surface area contributed by atoms with Crippen LogP contribution in [0.4, 0.5) is 0 Å². The highest BCUT2D eigenvalue weighted by Gasteiger charge is 2.12.